The van der Waals surface area contributed by atoms with E-state index >= 15 is 0 Å². The first-order chi connectivity index (χ1) is 14.8. The zero-order valence-electron chi connectivity index (χ0n) is 17.6. The van der Waals surface area contributed by atoms with Gasteiger partial charge in [0.05, 0.1) is 15.5 Å². The maximum atomic E-state index is 11.4. The number of hydrogen-bond donors (Lipinski definition) is 0. The molecule has 0 spiro atoms. The van der Waals surface area contributed by atoms with Crippen molar-refractivity contribution in [2.45, 2.75) is 39.7 Å². The third-order valence-corrected chi connectivity index (χ3v) is 5.83. The first-order valence-electron chi connectivity index (χ1n) is 10.0. The molecule has 0 aliphatic rings. The number of nitrogens with zero attached hydrogens (tertiary/aromatic N) is 4. The van der Waals surface area contributed by atoms with Gasteiger partial charge in [-0.2, -0.15) is 0 Å². The maximum absolute atomic E-state index is 11.4. The number of hydrogen-bond acceptors (Lipinski definition) is 6. The average Bonchev–Trinajstić information content (AvgIpc) is 3.16. The Morgan fingerprint density at radius 3 is 2.42 bits per heavy atom. The molecule has 0 fully saturated rings. The lowest BCUT2D eigenvalue weighted by molar-refractivity contribution is -0.384. The minimum atomic E-state index is -0.444. The van der Waals surface area contributed by atoms with Gasteiger partial charge in [0.1, 0.15) is 5.69 Å². The second kappa shape index (κ2) is 9.65. The van der Waals surface area contributed by atoms with Gasteiger partial charge in [0, 0.05) is 35.2 Å². The molecule has 0 radical (unpaired) electrons. The topological polar surface area (TPSA) is 104 Å². The quantitative estimate of drug-likeness (QED) is 0.304. The van der Waals surface area contributed by atoms with Crippen LogP contribution in [-0.2, 0) is 0 Å². The number of thiazole rings is 1. The van der Waals surface area contributed by atoms with E-state index in [2.05, 4.69) is 25.8 Å². The second-order valence-electron chi connectivity index (χ2n) is 7.76. The van der Waals surface area contributed by atoms with Gasteiger partial charge in [0.25, 0.3) is 11.4 Å². The van der Waals surface area contributed by atoms with Gasteiger partial charge in [-0.3, -0.25) is 20.2 Å². The Balaban J connectivity index is 2.18. The summed E-state index contributed by atoms with van der Waals surface area (Å²) in [6.07, 6.45) is 1.89. The molecule has 9 heteroatoms. The van der Waals surface area contributed by atoms with Gasteiger partial charge in [0.15, 0.2) is 4.80 Å². The largest absolute Gasteiger partial charge is 0.314 e. The van der Waals surface area contributed by atoms with Gasteiger partial charge in [-0.05, 0) is 31.7 Å². The summed E-state index contributed by atoms with van der Waals surface area (Å²) in [7, 11) is 0. The number of nitro groups is 2. The van der Waals surface area contributed by atoms with Crippen LogP contribution >= 0.6 is 11.3 Å². The first kappa shape index (κ1) is 22.4. The molecular formula is C22H24N4O4S. The van der Waals surface area contributed by atoms with Crippen molar-refractivity contribution in [1.82, 2.24) is 4.57 Å². The fourth-order valence-electron chi connectivity index (χ4n) is 3.34. The minimum Gasteiger partial charge on any atom is -0.314 e. The summed E-state index contributed by atoms with van der Waals surface area (Å²) in [6, 6.07) is 12.9. The Morgan fingerprint density at radius 1 is 1.00 bits per heavy atom. The van der Waals surface area contributed by atoms with Crippen LogP contribution in [0.1, 0.15) is 39.7 Å². The van der Waals surface area contributed by atoms with E-state index in [9.17, 15) is 20.2 Å². The maximum Gasteiger partial charge on any atom is 0.294 e. The SMILES string of the molecule is CC(C)CCC(C)n1c(-c2cccc([N+](=O)[O-])c2)csc1=Nc1ccccc1[N+](=O)[O-]. The number of aromatic nitrogens is 1. The molecule has 1 heterocycles. The highest BCUT2D eigenvalue weighted by Gasteiger charge is 2.18. The summed E-state index contributed by atoms with van der Waals surface area (Å²) < 4.78 is 2.03. The molecule has 1 unspecified atom stereocenters. The third kappa shape index (κ3) is 5.24. The Hall–Kier alpha value is -3.33. The van der Waals surface area contributed by atoms with Crippen LogP contribution in [0.5, 0.6) is 0 Å². The number of non-ortho nitro benzene ring substituents is 1. The van der Waals surface area contributed by atoms with Crippen molar-refractivity contribution in [2.75, 3.05) is 0 Å². The molecule has 2 aromatic carbocycles. The normalized spacial score (nSPS) is 12.8. The molecular weight excluding hydrogens is 416 g/mol. The summed E-state index contributed by atoms with van der Waals surface area (Å²) in [5.41, 5.74) is 1.76. The van der Waals surface area contributed by atoms with Crippen molar-refractivity contribution in [2.24, 2.45) is 10.9 Å². The van der Waals surface area contributed by atoms with E-state index < -0.39 is 9.85 Å². The summed E-state index contributed by atoms with van der Waals surface area (Å²) in [6.45, 7) is 6.39. The molecule has 0 aliphatic carbocycles. The number of benzene rings is 2. The standard InChI is InChI=1S/C22H24N4O4S/c1-15(2)11-12-16(3)24-21(17-7-6-8-18(13-17)25(27)28)14-31-22(24)23-19-9-4-5-10-20(19)26(29)30/h4-10,13-16H,11-12H2,1-3H3. The molecule has 3 rings (SSSR count). The summed E-state index contributed by atoms with van der Waals surface area (Å²) in [5.74, 6) is 0.526. The Morgan fingerprint density at radius 2 is 1.74 bits per heavy atom. The van der Waals surface area contributed by atoms with Crippen LogP contribution in [0, 0.1) is 26.1 Å². The number of rotatable bonds is 8. The number of nitro benzene ring substituents is 2. The lowest BCUT2D eigenvalue weighted by Gasteiger charge is -2.18. The molecule has 0 saturated carbocycles. The average molecular weight is 441 g/mol. The van der Waals surface area contributed by atoms with E-state index in [-0.39, 0.29) is 23.1 Å². The Labute approximate surface area is 183 Å². The molecule has 31 heavy (non-hydrogen) atoms. The van der Waals surface area contributed by atoms with Gasteiger partial charge >= 0.3 is 0 Å². The van der Waals surface area contributed by atoms with Crippen molar-refractivity contribution >= 4 is 28.4 Å². The van der Waals surface area contributed by atoms with E-state index in [0.717, 1.165) is 18.5 Å². The molecule has 0 amide bonds. The van der Waals surface area contributed by atoms with Gasteiger partial charge in [0.2, 0.25) is 0 Å². The lowest BCUT2D eigenvalue weighted by atomic mass is 10.0. The van der Waals surface area contributed by atoms with Crippen molar-refractivity contribution < 1.29 is 9.85 Å². The molecule has 0 saturated heterocycles. The summed E-state index contributed by atoms with van der Waals surface area (Å²) >= 11 is 1.37. The zero-order chi connectivity index (χ0) is 22.5. The van der Waals surface area contributed by atoms with Crippen molar-refractivity contribution in [3.8, 4) is 11.3 Å². The number of para-hydroxylation sites is 2. The first-order valence-corrected chi connectivity index (χ1v) is 10.9. The predicted molar refractivity (Wildman–Crippen MR) is 122 cm³/mol. The minimum absolute atomic E-state index is 0.0160. The fourth-order valence-corrected chi connectivity index (χ4v) is 4.35. The van der Waals surface area contributed by atoms with Crippen LogP contribution in [0.3, 0.4) is 0 Å². The van der Waals surface area contributed by atoms with Crippen LogP contribution in [0.2, 0.25) is 0 Å². The molecule has 0 aliphatic heterocycles. The van der Waals surface area contributed by atoms with E-state index in [1.807, 2.05) is 16.0 Å². The fraction of sp³-hybridized carbons (Fsp3) is 0.318. The molecule has 0 N–H and O–H groups in total. The second-order valence-corrected chi connectivity index (χ2v) is 8.60. The van der Waals surface area contributed by atoms with Crippen molar-refractivity contribution in [1.29, 1.82) is 0 Å². The smallest absolute Gasteiger partial charge is 0.294 e. The molecule has 162 valence electrons. The van der Waals surface area contributed by atoms with Crippen LogP contribution in [-0.4, -0.2) is 14.4 Å². The highest BCUT2D eigenvalue weighted by molar-refractivity contribution is 7.07. The Bertz CT molecular complexity index is 1170. The summed E-state index contributed by atoms with van der Waals surface area (Å²) in [4.78, 5) is 27.0. The van der Waals surface area contributed by atoms with Gasteiger partial charge < -0.3 is 4.57 Å². The zero-order valence-corrected chi connectivity index (χ0v) is 18.4. The van der Waals surface area contributed by atoms with Crippen LogP contribution in [0.25, 0.3) is 11.3 Å². The monoisotopic (exact) mass is 440 g/mol. The summed E-state index contributed by atoms with van der Waals surface area (Å²) in [5, 5.41) is 24.6. The van der Waals surface area contributed by atoms with Gasteiger partial charge in [-0.15, -0.1) is 11.3 Å². The predicted octanol–water partition coefficient (Wildman–Crippen LogP) is 6.26. The van der Waals surface area contributed by atoms with Crippen LogP contribution in [0.15, 0.2) is 58.9 Å². The van der Waals surface area contributed by atoms with Crippen molar-refractivity contribution in [3.63, 3.8) is 0 Å². The Kier molecular flexibility index (Phi) is 6.96. The molecule has 1 aromatic heterocycles. The molecule has 1 atom stereocenters. The van der Waals surface area contributed by atoms with E-state index in [0.29, 0.717) is 16.3 Å². The van der Waals surface area contributed by atoms with Gasteiger partial charge in [-0.25, -0.2) is 4.99 Å². The van der Waals surface area contributed by atoms with E-state index in [1.165, 1.54) is 23.5 Å². The molecule has 8 nitrogen and oxygen atoms in total. The lowest BCUT2D eigenvalue weighted by Crippen LogP contribution is -2.20. The van der Waals surface area contributed by atoms with Crippen LogP contribution in [0.4, 0.5) is 17.1 Å². The van der Waals surface area contributed by atoms with E-state index in [1.54, 1.807) is 30.3 Å². The van der Waals surface area contributed by atoms with Gasteiger partial charge in [-0.1, -0.05) is 38.1 Å². The molecule has 3 aromatic rings. The molecule has 0 bridgehead atoms. The van der Waals surface area contributed by atoms with E-state index in [4.69, 9.17) is 0 Å². The van der Waals surface area contributed by atoms with Crippen molar-refractivity contribution in [3.05, 3.63) is 78.9 Å². The van der Waals surface area contributed by atoms with Crippen LogP contribution < -0.4 is 4.80 Å². The highest BCUT2D eigenvalue weighted by Crippen LogP contribution is 2.30. The highest BCUT2D eigenvalue weighted by atomic mass is 32.1. The third-order valence-electron chi connectivity index (χ3n) is 4.99.